The lowest BCUT2D eigenvalue weighted by Crippen LogP contribution is -2.43. The van der Waals surface area contributed by atoms with Gasteiger partial charge in [-0.25, -0.2) is 17.5 Å². The van der Waals surface area contributed by atoms with Crippen molar-refractivity contribution < 1.29 is 12.8 Å². The molecule has 0 heterocycles. The van der Waals surface area contributed by atoms with E-state index >= 15 is 0 Å². The molecule has 134 valence electrons. The van der Waals surface area contributed by atoms with Crippen molar-refractivity contribution in [1.29, 1.82) is 0 Å². The summed E-state index contributed by atoms with van der Waals surface area (Å²) in [6, 6.07) is 12.3. The van der Waals surface area contributed by atoms with Gasteiger partial charge in [0.2, 0.25) is 10.0 Å². The summed E-state index contributed by atoms with van der Waals surface area (Å²) in [6.45, 7) is 0. The standard InChI is InChI=1S/C18H19ClFNO2S2/c19-13-5-11-16(12-6-13)25(22,23)21-17-3-1-2-4-18(17)24-15-9-7-14(20)8-10-15/h5-12,17-18,21H,1-4H2/t17-,18-/m0/s1. The molecule has 1 saturated carbocycles. The van der Waals surface area contributed by atoms with Crippen LogP contribution in [0.5, 0.6) is 0 Å². The summed E-state index contributed by atoms with van der Waals surface area (Å²) in [7, 11) is -3.59. The number of sulfonamides is 1. The third-order valence-electron chi connectivity index (χ3n) is 4.23. The topological polar surface area (TPSA) is 46.2 Å². The molecule has 0 bridgehead atoms. The molecule has 0 aromatic heterocycles. The number of nitrogens with one attached hydrogen (secondary N) is 1. The van der Waals surface area contributed by atoms with E-state index < -0.39 is 10.0 Å². The van der Waals surface area contributed by atoms with Gasteiger partial charge in [-0.1, -0.05) is 24.4 Å². The van der Waals surface area contributed by atoms with Crippen molar-refractivity contribution in [2.75, 3.05) is 0 Å². The zero-order chi connectivity index (χ0) is 17.9. The second-order valence-electron chi connectivity index (χ2n) is 6.08. The number of benzene rings is 2. The van der Waals surface area contributed by atoms with Crippen molar-refractivity contribution >= 4 is 33.4 Å². The maximum absolute atomic E-state index is 13.1. The number of thioether (sulfide) groups is 1. The average molecular weight is 400 g/mol. The Labute approximate surface area is 157 Å². The van der Waals surface area contributed by atoms with Crippen LogP contribution in [0.15, 0.2) is 58.3 Å². The first-order valence-electron chi connectivity index (χ1n) is 8.14. The van der Waals surface area contributed by atoms with Crippen LogP contribution in [-0.4, -0.2) is 19.7 Å². The Bertz CT molecular complexity index is 810. The number of hydrogen-bond acceptors (Lipinski definition) is 3. The molecule has 3 nitrogen and oxygen atoms in total. The Morgan fingerprint density at radius 2 is 1.64 bits per heavy atom. The van der Waals surface area contributed by atoms with E-state index in [9.17, 15) is 12.8 Å². The molecule has 0 amide bonds. The maximum atomic E-state index is 13.1. The highest BCUT2D eigenvalue weighted by Gasteiger charge is 2.30. The van der Waals surface area contributed by atoms with Gasteiger partial charge in [-0.2, -0.15) is 0 Å². The van der Waals surface area contributed by atoms with Crippen molar-refractivity contribution in [1.82, 2.24) is 4.72 Å². The zero-order valence-electron chi connectivity index (χ0n) is 13.5. The predicted molar refractivity (Wildman–Crippen MR) is 100 cm³/mol. The Hall–Kier alpha value is -1.08. The Balaban J connectivity index is 1.74. The summed E-state index contributed by atoms with van der Waals surface area (Å²) in [4.78, 5) is 1.16. The summed E-state index contributed by atoms with van der Waals surface area (Å²) in [6.07, 6.45) is 3.79. The molecule has 2 aromatic rings. The molecule has 0 aliphatic heterocycles. The number of rotatable bonds is 5. The lowest BCUT2D eigenvalue weighted by molar-refractivity contribution is 0.423. The van der Waals surface area contributed by atoms with Gasteiger partial charge in [0.1, 0.15) is 5.82 Å². The minimum absolute atomic E-state index is 0.126. The van der Waals surface area contributed by atoms with E-state index in [0.29, 0.717) is 5.02 Å². The monoisotopic (exact) mass is 399 g/mol. The molecule has 1 aliphatic carbocycles. The van der Waals surface area contributed by atoms with E-state index in [1.165, 1.54) is 24.3 Å². The summed E-state index contributed by atoms with van der Waals surface area (Å²) in [5.41, 5.74) is 0. The quantitative estimate of drug-likeness (QED) is 0.780. The van der Waals surface area contributed by atoms with Gasteiger partial charge in [0, 0.05) is 21.2 Å². The lowest BCUT2D eigenvalue weighted by atomic mass is 9.96. The molecule has 0 radical (unpaired) electrons. The van der Waals surface area contributed by atoms with Crippen LogP contribution >= 0.6 is 23.4 Å². The van der Waals surface area contributed by atoms with E-state index in [2.05, 4.69) is 4.72 Å². The molecule has 0 spiro atoms. The van der Waals surface area contributed by atoms with Crippen LogP contribution in [0, 0.1) is 5.82 Å². The highest BCUT2D eigenvalue weighted by atomic mass is 35.5. The first-order chi connectivity index (χ1) is 11.9. The van der Waals surface area contributed by atoms with E-state index in [4.69, 9.17) is 11.6 Å². The van der Waals surface area contributed by atoms with Crippen LogP contribution in [0.25, 0.3) is 0 Å². The van der Waals surface area contributed by atoms with Gasteiger partial charge < -0.3 is 0 Å². The van der Waals surface area contributed by atoms with Gasteiger partial charge in [0.15, 0.2) is 0 Å². The highest BCUT2D eigenvalue weighted by Crippen LogP contribution is 2.34. The molecule has 0 saturated heterocycles. The van der Waals surface area contributed by atoms with Crippen molar-refractivity contribution in [2.24, 2.45) is 0 Å². The summed E-state index contributed by atoms with van der Waals surface area (Å²) in [5, 5.41) is 0.627. The molecule has 0 unspecified atom stereocenters. The molecular formula is C18H19ClFNO2S2. The fourth-order valence-electron chi connectivity index (χ4n) is 2.94. The summed E-state index contributed by atoms with van der Waals surface area (Å²) >= 11 is 7.44. The van der Waals surface area contributed by atoms with E-state index in [-0.39, 0.29) is 22.0 Å². The second-order valence-corrected chi connectivity index (χ2v) is 9.54. The molecule has 2 atom stereocenters. The van der Waals surface area contributed by atoms with Gasteiger partial charge in [-0.15, -0.1) is 11.8 Å². The van der Waals surface area contributed by atoms with Gasteiger partial charge in [0.25, 0.3) is 0 Å². The number of halogens is 2. The van der Waals surface area contributed by atoms with Crippen molar-refractivity contribution in [3.8, 4) is 0 Å². The minimum Gasteiger partial charge on any atom is -0.207 e. The first kappa shape index (κ1) is 18.7. The SMILES string of the molecule is O=S(=O)(N[C@H]1CCCC[C@@H]1Sc1ccc(F)cc1)c1ccc(Cl)cc1. The van der Waals surface area contributed by atoms with Gasteiger partial charge in [-0.05, 0) is 61.4 Å². The summed E-state index contributed by atoms with van der Waals surface area (Å²) < 4.78 is 41.2. The van der Waals surface area contributed by atoms with Crippen molar-refractivity contribution in [3.05, 3.63) is 59.4 Å². The lowest BCUT2D eigenvalue weighted by Gasteiger charge is -2.31. The second kappa shape index (κ2) is 8.08. The maximum Gasteiger partial charge on any atom is 0.240 e. The largest absolute Gasteiger partial charge is 0.240 e. The fraction of sp³-hybridized carbons (Fsp3) is 0.333. The molecule has 1 N–H and O–H groups in total. The van der Waals surface area contributed by atoms with E-state index in [0.717, 1.165) is 30.6 Å². The van der Waals surface area contributed by atoms with E-state index in [1.807, 2.05) is 0 Å². The van der Waals surface area contributed by atoms with Gasteiger partial charge in [0.05, 0.1) is 4.90 Å². The zero-order valence-corrected chi connectivity index (χ0v) is 15.9. The fourth-order valence-corrected chi connectivity index (χ4v) is 5.76. The first-order valence-corrected chi connectivity index (χ1v) is 10.9. The third kappa shape index (κ3) is 4.97. The van der Waals surface area contributed by atoms with Crippen LogP contribution in [-0.2, 0) is 10.0 Å². The molecule has 3 rings (SSSR count). The van der Waals surface area contributed by atoms with Crippen LogP contribution in [0.4, 0.5) is 4.39 Å². The third-order valence-corrected chi connectivity index (χ3v) is 7.40. The highest BCUT2D eigenvalue weighted by molar-refractivity contribution is 8.00. The van der Waals surface area contributed by atoms with Gasteiger partial charge >= 0.3 is 0 Å². The van der Waals surface area contributed by atoms with E-state index in [1.54, 1.807) is 36.0 Å². The molecule has 1 aliphatic rings. The smallest absolute Gasteiger partial charge is 0.207 e. The Morgan fingerprint density at radius 1 is 1.00 bits per heavy atom. The Morgan fingerprint density at radius 3 is 2.32 bits per heavy atom. The van der Waals surface area contributed by atoms with Crippen molar-refractivity contribution in [3.63, 3.8) is 0 Å². The average Bonchev–Trinajstić information content (AvgIpc) is 2.59. The van der Waals surface area contributed by atoms with Crippen LogP contribution < -0.4 is 4.72 Å². The predicted octanol–water partition coefficient (Wildman–Crippen LogP) is 4.86. The van der Waals surface area contributed by atoms with Crippen LogP contribution in [0.2, 0.25) is 5.02 Å². The minimum atomic E-state index is -3.59. The number of hydrogen-bond donors (Lipinski definition) is 1. The Kier molecular flexibility index (Phi) is 6.04. The molecule has 7 heteroatoms. The van der Waals surface area contributed by atoms with Crippen molar-refractivity contribution in [2.45, 2.75) is 46.8 Å². The molecule has 2 aromatic carbocycles. The molecule has 1 fully saturated rings. The van der Waals surface area contributed by atoms with Gasteiger partial charge in [-0.3, -0.25) is 0 Å². The van der Waals surface area contributed by atoms with Crippen LogP contribution in [0.1, 0.15) is 25.7 Å². The molecule has 25 heavy (non-hydrogen) atoms. The summed E-state index contributed by atoms with van der Waals surface area (Å²) in [5.74, 6) is -0.270. The molecular weight excluding hydrogens is 381 g/mol. The van der Waals surface area contributed by atoms with Crippen LogP contribution in [0.3, 0.4) is 0 Å². The normalized spacial score (nSPS) is 21.2.